The first kappa shape index (κ1) is 18.2. The minimum Gasteiger partial charge on any atom is -0.493 e. The Hall–Kier alpha value is -1.64. The van der Waals surface area contributed by atoms with Gasteiger partial charge in [0.1, 0.15) is 0 Å². The number of rotatable bonds is 3. The molecule has 25 heavy (non-hydrogen) atoms. The zero-order chi connectivity index (χ0) is 18.5. The van der Waals surface area contributed by atoms with E-state index in [0.717, 1.165) is 12.8 Å². The average Bonchev–Trinajstić information content (AvgIpc) is 2.84. The van der Waals surface area contributed by atoms with Gasteiger partial charge in [-0.3, -0.25) is 9.59 Å². The summed E-state index contributed by atoms with van der Waals surface area (Å²) in [5.74, 6) is 0.986. The molecule has 0 unspecified atom stereocenters. The van der Waals surface area contributed by atoms with Crippen molar-refractivity contribution in [3.63, 3.8) is 0 Å². The molecule has 6 atom stereocenters. The number of Topliss-reactive ketones (excluding diaryl/α,β-unsaturated/α-hetero) is 2. The maximum atomic E-state index is 13.7. The lowest BCUT2D eigenvalue weighted by atomic mass is 9.50. The van der Waals surface area contributed by atoms with E-state index in [-0.39, 0.29) is 41.0 Å². The summed E-state index contributed by atoms with van der Waals surface area (Å²) in [6.45, 7) is 10.3. The highest BCUT2D eigenvalue weighted by Crippen LogP contribution is 2.64. The molecule has 0 aliphatic heterocycles. The van der Waals surface area contributed by atoms with Gasteiger partial charge in [-0.1, -0.05) is 37.6 Å². The molecule has 0 N–H and O–H groups in total. The van der Waals surface area contributed by atoms with Crippen LogP contribution in [0.2, 0.25) is 0 Å². The molecule has 1 saturated carbocycles. The third-order valence-corrected chi connectivity index (χ3v) is 6.75. The second-order valence-electron chi connectivity index (χ2n) is 8.46. The van der Waals surface area contributed by atoms with E-state index in [1.54, 1.807) is 6.92 Å². The van der Waals surface area contributed by atoms with Crippen LogP contribution in [0.4, 0.5) is 0 Å². The van der Waals surface area contributed by atoms with Crippen LogP contribution in [0.25, 0.3) is 0 Å². The highest BCUT2D eigenvalue weighted by molar-refractivity contribution is 6.15. The predicted octanol–water partition coefficient (Wildman–Crippen LogP) is 4.50. The molecule has 1 fully saturated rings. The molecule has 0 bridgehead atoms. The van der Waals surface area contributed by atoms with E-state index in [1.165, 1.54) is 12.7 Å². The van der Waals surface area contributed by atoms with Gasteiger partial charge in [-0.15, -0.1) is 0 Å². The standard InChI is InChI=1S/C22H30O3/c1-12(2)7-9-16-11-14(4)17-10-8-13(3)18-19(23)20(25-6)15(5)21(24)22(16,17)18/h7-8,10,13-14,16-18H,9,11H2,1-6H3/t13-,14-,16+,17+,18+,22+/m1/s1. The number of ether oxygens (including phenoxy) is 1. The number of carbonyl (C=O) groups excluding carboxylic acids is 2. The van der Waals surface area contributed by atoms with E-state index in [1.807, 2.05) is 0 Å². The van der Waals surface area contributed by atoms with Crippen LogP contribution in [-0.4, -0.2) is 18.7 Å². The van der Waals surface area contributed by atoms with E-state index < -0.39 is 5.41 Å². The fourth-order valence-electron chi connectivity index (χ4n) is 5.80. The van der Waals surface area contributed by atoms with Gasteiger partial charge in [-0.05, 0) is 57.3 Å². The molecule has 3 aliphatic rings. The summed E-state index contributed by atoms with van der Waals surface area (Å²) in [5.41, 5.74) is 1.19. The molecule has 3 rings (SSSR count). The van der Waals surface area contributed by atoms with E-state index >= 15 is 0 Å². The fourth-order valence-corrected chi connectivity index (χ4v) is 5.80. The molecule has 0 radical (unpaired) electrons. The van der Waals surface area contributed by atoms with Crippen molar-refractivity contribution in [1.82, 2.24) is 0 Å². The van der Waals surface area contributed by atoms with Crippen LogP contribution >= 0.6 is 0 Å². The summed E-state index contributed by atoms with van der Waals surface area (Å²) in [7, 11) is 1.50. The van der Waals surface area contributed by atoms with Crippen LogP contribution in [0.5, 0.6) is 0 Å². The smallest absolute Gasteiger partial charge is 0.202 e. The monoisotopic (exact) mass is 342 g/mol. The molecular formula is C22H30O3. The number of hydrogen-bond donors (Lipinski definition) is 0. The third-order valence-electron chi connectivity index (χ3n) is 6.75. The van der Waals surface area contributed by atoms with Gasteiger partial charge in [0.15, 0.2) is 11.5 Å². The highest BCUT2D eigenvalue weighted by atomic mass is 16.5. The van der Waals surface area contributed by atoms with Crippen molar-refractivity contribution in [3.8, 4) is 0 Å². The SMILES string of the molecule is COC1=C(C)C(=O)[C@@]23[C@@H](CC=C(C)C)C[C@@H](C)[C@@H]2C=C[C@@H](C)[C@H]3C1=O. The second-order valence-corrected chi connectivity index (χ2v) is 8.46. The van der Waals surface area contributed by atoms with Crippen LogP contribution in [-0.2, 0) is 14.3 Å². The van der Waals surface area contributed by atoms with Crippen molar-refractivity contribution in [3.05, 3.63) is 35.1 Å². The fraction of sp³-hybridized carbons (Fsp3) is 0.636. The predicted molar refractivity (Wildman–Crippen MR) is 98.8 cm³/mol. The van der Waals surface area contributed by atoms with Crippen LogP contribution in [0.1, 0.15) is 47.5 Å². The Morgan fingerprint density at radius 3 is 2.56 bits per heavy atom. The van der Waals surface area contributed by atoms with Crippen LogP contribution < -0.4 is 0 Å². The summed E-state index contributed by atoms with van der Waals surface area (Å²) < 4.78 is 5.36. The molecule has 0 aromatic heterocycles. The van der Waals surface area contributed by atoms with Crippen molar-refractivity contribution in [2.75, 3.05) is 7.11 Å². The van der Waals surface area contributed by atoms with Gasteiger partial charge >= 0.3 is 0 Å². The zero-order valence-electron chi connectivity index (χ0n) is 16.3. The summed E-state index contributed by atoms with van der Waals surface area (Å²) in [6.07, 6.45) is 8.47. The number of ketones is 2. The Morgan fingerprint density at radius 2 is 1.96 bits per heavy atom. The molecule has 3 nitrogen and oxygen atoms in total. The number of methoxy groups -OCH3 is 1. The van der Waals surface area contributed by atoms with E-state index in [9.17, 15) is 9.59 Å². The van der Waals surface area contributed by atoms with Crippen LogP contribution in [0.15, 0.2) is 35.1 Å². The van der Waals surface area contributed by atoms with E-state index in [4.69, 9.17) is 4.74 Å². The summed E-state index contributed by atoms with van der Waals surface area (Å²) in [5, 5.41) is 0. The molecule has 3 heteroatoms. The van der Waals surface area contributed by atoms with E-state index in [2.05, 4.69) is 45.9 Å². The van der Waals surface area contributed by atoms with Crippen molar-refractivity contribution in [2.45, 2.75) is 47.5 Å². The second kappa shape index (κ2) is 6.26. The number of allylic oxidation sites excluding steroid dienone is 6. The normalized spacial score (nSPS) is 40.0. The average molecular weight is 342 g/mol. The Bertz CT molecular complexity index is 692. The first-order chi connectivity index (χ1) is 11.8. The van der Waals surface area contributed by atoms with Crippen molar-refractivity contribution < 1.29 is 14.3 Å². The lowest BCUT2D eigenvalue weighted by molar-refractivity contribution is -0.148. The first-order valence-electron chi connectivity index (χ1n) is 9.42. The molecule has 0 aromatic rings. The molecule has 1 spiro atoms. The summed E-state index contributed by atoms with van der Waals surface area (Å²) in [4.78, 5) is 27.0. The number of carbonyl (C=O) groups is 2. The Kier molecular flexibility index (Phi) is 4.55. The molecule has 0 saturated heterocycles. The van der Waals surface area contributed by atoms with Gasteiger partial charge in [0.2, 0.25) is 5.78 Å². The lowest BCUT2D eigenvalue weighted by Crippen LogP contribution is -2.57. The molecule has 0 amide bonds. The molecular weight excluding hydrogens is 312 g/mol. The summed E-state index contributed by atoms with van der Waals surface area (Å²) >= 11 is 0. The molecule has 0 heterocycles. The Balaban J connectivity index is 2.22. The minimum absolute atomic E-state index is 0.0257. The van der Waals surface area contributed by atoms with Crippen molar-refractivity contribution in [1.29, 1.82) is 0 Å². The minimum atomic E-state index is -0.595. The van der Waals surface area contributed by atoms with Crippen molar-refractivity contribution in [2.24, 2.45) is 35.0 Å². The molecule has 3 aliphatic carbocycles. The van der Waals surface area contributed by atoms with E-state index in [0.29, 0.717) is 11.5 Å². The molecule has 0 aromatic carbocycles. The van der Waals surface area contributed by atoms with Gasteiger partial charge in [-0.25, -0.2) is 0 Å². The maximum Gasteiger partial charge on any atom is 0.202 e. The van der Waals surface area contributed by atoms with Crippen LogP contribution in [0.3, 0.4) is 0 Å². The highest BCUT2D eigenvalue weighted by Gasteiger charge is 2.67. The van der Waals surface area contributed by atoms with Gasteiger partial charge < -0.3 is 4.74 Å². The largest absolute Gasteiger partial charge is 0.493 e. The maximum absolute atomic E-state index is 13.7. The summed E-state index contributed by atoms with van der Waals surface area (Å²) in [6, 6.07) is 0. The van der Waals surface area contributed by atoms with Gasteiger partial charge in [0, 0.05) is 11.5 Å². The van der Waals surface area contributed by atoms with Crippen LogP contribution in [0, 0.1) is 35.0 Å². The quantitative estimate of drug-likeness (QED) is 0.710. The lowest BCUT2D eigenvalue weighted by Gasteiger charge is -2.50. The van der Waals surface area contributed by atoms with Gasteiger partial charge in [0.05, 0.1) is 12.5 Å². The van der Waals surface area contributed by atoms with Gasteiger partial charge in [-0.2, -0.15) is 0 Å². The number of hydrogen-bond acceptors (Lipinski definition) is 3. The Labute approximate surface area is 151 Å². The third kappa shape index (κ3) is 2.38. The topological polar surface area (TPSA) is 43.4 Å². The Morgan fingerprint density at radius 1 is 1.28 bits per heavy atom. The van der Waals surface area contributed by atoms with Crippen molar-refractivity contribution >= 4 is 11.6 Å². The first-order valence-corrected chi connectivity index (χ1v) is 9.42. The molecule has 136 valence electrons. The van der Waals surface area contributed by atoms with Gasteiger partial charge in [0.25, 0.3) is 0 Å². The zero-order valence-corrected chi connectivity index (χ0v) is 16.3.